The molecule has 0 aliphatic heterocycles. The summed E-state index contributed by atoms with van der Waals surface area (Å²) in [4.78, 5) is 39.0. The second-order valence-corrected chi connectivity index (χ2v) is 8.99. The van der Waals surface area contributed by atoms with Gasteiger partial charge >= 0.3 is 0 Å². The molecular weight excluding hydrogens is 467 g/mol. The van der Waals surface area contributed by atoms with Crippen molar-refractivity contribution in [2.45, 2.75) is 26.3 Å². The molecule has 2 heterocycles. The summed E-state index contributed by atoms with van der Waals surface area (Å²) >= 11 is 13.8. The van der Waals surface area contributed by atoms with Gasteiger partial charge in [0.2, 0.25) is 5.91 Å². The summed E-state index contributed by atoms with van der Waals surface area (Å²) in [5, 5.41) is 4.23. The first-order valence-electron chi connectivity index (χ1n) is 10.1. The maximum Gasteiger partial charge on any atom is 0.258 e. The minimum atomic E-state index is -0.255. The van der Waals surface area contributed by atoms with Gasteiger partial charge in [-0.2, -0.15) is 0 Å². The van der Waals surface area contributed by atoms with Crippen LogP contribution in [-0.4, -0.2) is 32.3 Å². The third-order valence-electron chi connectivity index (χ3n) is 4.89. The molecule has 0 aliphatic rings. The van der Waals surface area contributed by atoms with Crippen LogP contribution < -0.4 is 5.56 Å². The minimum Gasteiger partial charge on any atom is -0.335 e. The SMILES string of the molecule is CCCN(Cc1nc2cc(Cl)ccc2c(=O)[nH]1)C(=O)Cc1csc(-c2ccccc2Cl)n1. The second-order valence-electron chi connectivity index (χ2n) is 7.29. The van der Waals surface area contributed by atoms with Gasteiger partial charge in [-0.1, -0.05) is 48.3 Å². The van der Waals surface area contributed by atoms with E-state index in [0.29, 0.717) is 39.0 Å². The first-order valence-corrected chi connectivity index (χ1v) is 11.7. The molecule has 0 spiro atoms. The van der Waals surface area contributed by atoms with Gasteiger partial charge in [0.05, 0.1) is 34.6 Å². The number of aromatic nitrogens is 3. The number of hydrogen-bond acceptors (Lipinski definition) is 5. The van der Waals surface area contributed by atoms with Crippen LogP contribution in [0.3, 0.4) is 0 Å². The van der Waals surface area contributed by atoms with Crippen LogP contribution in [0, 0.1) is 0 Å². The van der Waals surface area contributed by atoms with Crippen LogP contribution >= 0.6 is 34.5 Å². The molecule has 9 heteroatoms. The van der Waals surface area contributed by atoms with Crippen molar-refractivity contribution in [3.63, 3.8) is 0 Å². The lowest BCUT2D eigenvalue weighted by Crippen LogP contribution is -2.34. The number of carbonyl (C=O) groups is 1. The number of aromatic amines is 1. The summed E-state index contributed by atoms with van der Waals surface area (Å²) in [6, 6.07) is 12.4. The fourth-order valence-electron chi connectivity index (χ4n) is 3.39. The molecule has 0 unspecified atom stereocenters. The molecule has 0 bridgehead atoms. The van der Waals surface area contributed by atoms with E-state index in [1.54, 1.807) is 23.1 Å². The van der Waals surface area contributed by atoms with E-state index in [1.165, 1.54) is 11.3 Å². The van der Waals surface area contributed by atoms with Crippen molar-refractivity contribution < 1.29 is 4.79 Å². The Kier molecular flexibility index (Phi) is 6.89. The predicted octanol–water partition coefficient (Wildman–Crippen LogP) is 5.33. The van der Waals surface area contributed by atoms with Crippen LogP contribution in [0.25, 0.3) is 21.5 Å². The van der Waals surface area contributed by atoms with Gasteiger partial charge < -0.3 is 9.88 Å². The maximum absolute atomic E-state index is 13.0. The van der Waals surface area contributed by atoms with E-state index in [1.807, 2.05) is 36.6 Å². The topological polar surface area (TPSA) is 79.0 Å². The zero-order chi connectivity index (χ0) is 22.7. The van der Waals surface area contributed by atoms with Crippen LogP contribution in [0.4, 0.5) is 0 Å². The van der Waals surface area contributed by atoms with Gasteiger partial charge in [-0.25, -0.2) is 9.97 Å². The molecule has 4 aromatic rings. The molecule has 0 saturated carbocycles. The van der Waals surface area contributed by atoms with Gasteiger partial charge in [0.15, 0.2) is 0 Å². The third kappa shape index (κ3) is 5.01. The quantitative estimate of drug-likeness (QED) is 0.382. The highest BCUT2D eigenvalue weighted by atomic mass is 35.5. The van der Waals surface area contributed by atoms with Crippen LogP contribution in [0.5, 0.6) is 0 Å². The summed E-state index contributed by atoms with van der Waals surface area (Å²) in [6.45, 7) is 2.73. The Morgan fingerprint density at radius 2 is 1.97 bits per heavy atom. The lowest BCUT2D eigenvalue weighted by Gasteiger charge is -2.21. The van der Waals surface area contributed by atoms with Crippen LogP contribution in [0.15, 0.2) is 52.6 Å². The highest BCUT2D eigenvalue weighted by molar-refractivity contribution is 7.13. The molecule has 0 aliphatic carbocycles. The van der Waals surface area contributed by atoms with Crippen LogP contribution in [-0.2, 0) is 17.8 Å². The summed E-state index contributed by atoms with van der Waals surface area (Å²) in [6.07, 6.45) is 0.932. The number of halogens is 2. The normalized spacial score (nSPS) is 11.1. The molecule has 4 rings (SSSR count). The first kappa shape index (κ1) is 22.5. The summed E-state index contributed by atoms with van der Waals surface area (Å²) < 4.78 is 0. The van der Waals surface area contributed by atoms with Crippen molar-refractivity contribution in [3.8, 4) is 10.6 Å². The largest absolute Gasteiger partial charge is 0.335 e. The number of H-pyrrole nitrogens is 1. The maximum atomic E-state index is 13.0. The van der Waals surface area contributed by atoms with Crippen LogP contribution in [0.2, 0.25) is 10.0 Å². The number of thiazole rings is 1. The average Bonchev–Trinajstić information content (AvgIpc) is 3.21. The number of nitrogens with one attached hydrogen (secondary N) is 1. The van der Waals surface area contributed by atoms with E-state index in [4.69, 9.17) is 23.2 Å². The van der Waals surface area contributed by atoms with Gasteiger partial charge in [0, 0.05) is 22.5 Å². The van der Waals surface area contributed by atoms with Crippen molar-refractivity contribution in [2.24, 2.45) is 0 Å². The van der Waals surface area contributed by atoms with Crippen molar-refractivity contribution in [3.05, 3.63) is 79.8 Å². The number of hydrogen-bond donors (Lipinski definition) is 1. The van der Waals surface area contributed by atoms with Crippen molar-refractivity contribution >= 4 is 51.3 Å². The number of fused-ring (bicyclic) bond motifs is 1. The van der Waals surface area contributed by atoms with Crippen molar-refractivity contribution in [1.82, 2.24) is 19.9 Å². The Morgan fingerprint density at radius 3 is 2.75 bits per heavy atom. The minimum absolute atomic E-state index is 0.0864. The molecule has 0 atom stereocenters. The third-order valence-corrected chi connectivity index (χ3v) is 6.38. The Labute approximate surface area is 198 Å². The number of benzene rings is 2. The Hall–Kier alpha value is -2.74. The lowest BCUT2D eigenvalue weighted by atomic mass is 10.2. The molecule has 0 saturated heterocycles. The highest BCUT2D eigenvalue weighted by Gasteiger charge is 2.18. The standard InChI is InChI=1S/C23H20Cl2N4O2S/c1-2-9-29(12-20-27-19-10-14(24)7-8-17(19)22(31)28-20)21(30)11-15-13-32-23(26-15)16-5-3-4-6-18(16)25/h3-8,10,13H,2,9,11-12H2,1H3,(H,27,28,31). The monoisotopic (exact) mass is 486 g/mol. The fourth-order valence-corrected chi connectivity index (χ4v) is 4.70. The fraction of sp³-hybridized carbons (Fsp3) is 0.217. The molecule has 0 fully saturated rings. The van der Waals surface area contributed by atoms with Gasteiger partial charge in [-0.05, 0) is 30.7 Å². The number of carbonyl (C=O) groups excluding carboxylic acids is 1. The van der Waals surface area contributed by atoms with E-state index in [0.717, 1.165) is 17.0 Å². The zero-order valence-corrected chi connectivity index (χ0v) is 19.6. The smallest absolute Gasteiger partial charge is 0.258 e. The van der Waals surface area contributed by atoms with Crippen molar-refractivity contribution in [2.75, 3.05) is 6.54 Å². The lowest BCUT2D eigenvalue weighted by molar-refractivity contribution is -0.131. The van der Waals surface area contributed by atoms with E-state index in [2.05, 4.69) is 15.0 Å². The molecule has 32 heavy (non-hydrogen) atoms. The Morgan fingerprint density at radius 1 is 1.16 bits per heavy atom. The van der Waals surface area contributed by atoms with Gasteiger partial charge in [0.1, 0.15) is 10.8 Å². The van der Waals surface area contributed by atoms with E-state index in [-0.39, 0.29) is 24.4 Å². The molecule has 1 N–H and O–H groups in total. The van der Waals surface area contributed by atoms with Crippen molar-refractivity contribution in [1.29, 1.82) is 0 Å². The summed E-state index contributed by atoms with van der Waals surface area (Å²) in [5.41, 5.74) is 1.78. The number of amides is 1. The summed E-state index contributed by atoms with van der Waals surface area (Å²) in [7, 11) is 0. The van der Waals surface area contributed by atoms with E-state index in [9.17, 15) is 9.59 Å². The van der Waals surface area contributed by atoms with Gasteiger partial charge in [0.25, 0.3) is 5.56 Å². The zero-order valence-electron chi connectivity index (χ0n) is 17.3. The van der Waals surface area contributed by atoms with Gasteiger partial charge in [-0.3, -0.25) is 9.59 Å². The molecule has 0 radical (unpaired) electrons. The van der Waals surface area contributed by atoms with E-state index < -0.39 is 0 Å². The molecule has 164 valence electrons. The second kappa shape index (κ2) is 9.81. The Balaban J connectivity index is 1.53. The molecular formula is C23H20Cl2N4O2S. The van der Waals surface area contributed by atoms with Crippen LogP contribution in [0.1, 0.15) is 24.9 Å². The predicted molar refractivity (Wildman–Crippen MR) is 129 cm³/mol. The molecule has 2 aromatic heterocycles. The number of nitrogens with zero attached hydrogens (tertiary/aromatic N) is 3. The van der Waals surface area contributed by atoms with E-state index >= 15 is 0 Å². The average molecular weight is 487 g/mol. The molecule has 1 amide bonds. The molecule has 2 aromatic carbocycles. The first-order chi connectivity index (χ1) is 15.4. The number of rotatable bonds is 7. The van der Waals surface area contributed by atoms with Gasteiger partial charge in [-0.15, -0.1) is 11.3 Å². The Bertz CT molecular complexity index is 1340. The molecule has 6 nitrogen and oxygen atoms in total. The summed E-state index contributed by atoms with van der Waals surface area (Å²) in [5.74, 6) is 0.332. The highest BCUT2D eigenvalue weighted by Crippen LogP contribution is 2.30.